The van der Waals surface area contributed by atoms with Gasteiger partial charge in [0.15, 0.2) is 0 Å². The van der Waals surface area contributed by atoms with Crippen molar-refractivity contribution in [3.63, 3.8) is 0 Å². The Labute approximate surface area is 122 Å². The highest BCUT2D eigenvalue weighted by molar-refractivity contribution is 6.04. The molecule has 0 bridgehead atoms. The van der Waals surface area contributed by atoms with Gasteiger partial charge in [-0.1, -0.05) is 48.5 Å². The minimum absolute atomic E-state index is 0.116. The van der Waals surface area contributed by atoms with Crippen molar-refractivity contribution < 1.29 is 14.7 Å². The molecule has 0 aromatic heterocycles. The summed E-state index contributed by atoms with van der Waals surface area (Å²) in [4.78, 5) is 23.5. The molecule has 21 heavy (non-hydrogen) atoms. The highest BCUT2D eigenvalue weighted by atomic mass is 16.4. The summed E-state index contributed by atoms with van der Waals surface area (Å²) in [6, 6.07) is 17.6. The quantitative estimate of drug-likeness (QED) is 0.847. The van der Waals surface area contributed by atoms with Gasteiger partial charge in [-0.25, -0.2) is 4.79 Å². The van der Waals surface area contributed by atoms with Crippen molar-refractivity contribution in [3.05, 3.63) is 77.5 Å². The molecule has 2 aromatic carbocycles. The van der Waals surface area contributed by atoms with E-state index in [0.717, 1.165) is 5.56 Å². The summed E-state index contributed by atoms with van der Waals surface area (Å²) in [5, 5.41) is 11.8. The average Bonchev–Trinajstić information content (AvgIpc) is 2.53. The number of nitrogens with one attached hydrogen (secondary N) is 1. The van der Waals surface area contributed by atoms with Crippen LogP contribution in [0.15, 0.2) is 66.4 Å². The molecule has 0 atom stereocenters. The highest BCUT2D eigenvalue weighted by Gasteiger charge is 2.16. The molecule has 0 unspecified atom stereocenters. The van der Waals surface area contributed by atoms with Crippen LogP contribution in [-0.4, -0.2) is 17.0 Å². The van der Waals surface area contributed by atoms with E-state index in [1.54, 1.807) is 49.4 Å². The summed E-state index contributed by atoms with van der Waals surface area (Å²) in [5.41, 5.74) is 1.56. The smallest absolute Gasteiger partial charge is 0.352 e. The first-order valence-electron chi connectivity index (χ1n) is 6.45. The van der Waals surface area contributed by atoms with Gasteiger partial charge >= 0.3 is 5.97 Å². The lowest BCUT2D eigenvalue weighted by molar-refractivity contribution is -0.132. The van der Waals surface area contributed by atoms with Gasteiger partial charge in [-0.2, -0.15) is 0 Å². The van der Waals surface area contributed by atoms with Crippen LogP contribution in [0.25, 0.3) is 5.57 Å². The largest absolute Gasteiger partial charge is 0.477 e. The number of aliphatic carboxylic acids is 1. The van der Waals surface area contributed by atoms with Gasteiger partial charge in [-0.05, 0) is 30.2 Å². The number of amides is 1. The lowest BCUT2D eigenvalue weighted by Gasteiger charge is -2.10. The maximum Gasteiger partial charge on any atom is 0.352 e. The van der Waals surface area contributed by atoms with Crippen molar-refractivity contribution >= 4 is 17.4 Å². The van der Waals surface area contributed by atoms with Crippen LogP contribution < -0.4 is 5.32 Å². The third-order valence-corrected chi connectivity index (χ3v) is 3.07. The van der Waals surface area contributed by atoms with Crippen LogP contribution in [0.1, 0.15) is 22.8 Å². The minimum atomic E-state index is -1.17. The number of carboxylic acid groups (broad SMARTS) is 1. The van der Waals surface area contributed by atoms with Crippen LogP contribution in [0, 0.1) is 0 Å². The maximum absolute atomic E-state index is 12.1. The van der Waals surface area contributed by atoms with Crippen molar-refractivity contribution in [2.24, 2.45) is 0 Å². The lowest BCUT2D eigenvalue weighted by Crippen LogP contribution is -2.28. The monoisotopic (exact) mass is 281 g/mol. The summed E-state index contributed by atoms with van der Waals surface area (Å²) in [7, 11) is 0. The van der Waals surface area contributed by atoms with Gasteiger partial charge < -0.3 is 10.4 Å². The van der Waals surface area contributed by atoms with Crippen LogP contribution in [0.3, 0.4) is 0 Å². The standard InChI is InChI=1S/C17H15NO3/c1-12(13-8-4-2-5-9-13)15(17(20)21)18-16(19)14-10-6-3-7-11-14/h2-11H,1H3,(H,18,19)(H,20,21). The fraction of sp³-hybridized carbons (Fsp3) is 0.0588. The van der Waals surface area contributed by atoms with Crippen LogP contribution in [-0.2, 0) is 4.79 Å². The highest BCUT2D eigenvalue weighted by Crippen LogP contribution is 2.17. The molecule has 2 rings (SSSR count). The van der Waals surface area contributed by atoms with Crippen molar-refractivity contribution in [1.29, 1.82) is 0 Å². The number of rotatable bonds is 4. The van der Waals surface area contributed by atoms with E-state index in [0.29, 0.717) is 11.1 Å². The molecule has 0 saturated carbocycles. The third-order valence-electron chi connectivity index (χ3n) is 3.07. The maximum atomic E-state index is 12.1. The molecule has 4 heteroatoms. The molecule has 0 aliphatic heterocycles. The second-order valence-corrected chi connectivity index (χ2v) is 4.49. The fourth-order valence-electron chi connectivity index (χ4n) is 1.92. The molecule has 4 nitrogen and oxygen atoms in total. The zero-order chi connectivity index (χ0) is 15.2. The molecule has 0 saturated heterocycles. The number of allylic oxidation sites excluding steroid dienone is 1. The van der Waals surface area contributed by atoms with E-state index in [2.05, 4.69) is 5.32 Å². The number of hydrogen-bond donors (Lipinski definition) is 2. The lowest BCUT2D eigenvalue weighted by atomic mass is 10.1. The van der Waals surface area contributed by atoms with Gasteiger partial charge in [-0.3, -0.25) is 4.79 Å². The van der Waals surface area contributed by atoms with Crippen molar-refractivity contribution in [2.75, 3.05) is 0 Å². The van der Waals surface area contributed by atoms with Crippen LogP contribution >= 0.6 is 0 Å². The first kappa shape index (κ1) is 14.5. The van der Waals surface area contributed by atoms with E-state index >= 15 is 0 Å². The molecule has 0 fully saturated rings. The second kappa shape index (κ2) is 6.52. The minimum Gasteiger partial charge on any atom is -0.477 e. The average molecular weight is 281 g/mol. The third kappa shape index (κ3) is 3.57. The summed E-state index contributed by atoms with van der Waals surface area (Å²) >= 11 is 0. The topological polar surface area (TPSA) is 66.4 Å². The first-order valence-corrected chi connectivity index (χ1v) is 6.45. The molecule has 2 N–H and O–H groups in total. The van der Waals surface area contributed by atoms with Crippen LogP contribution in [0.4, 0.5) is 0 Å². The summed E-state index contributed by atoms with van der Waals surface area (Å²) in [5.74, 6) is -1.61. The van der Waals surface area contributed by atoms with Crippen molar-refractivity contribution in [1.82, 2.24) is 5.32 Å². The van der Waals surface area contributed by atoms with E-state index in [1.165, 1.54) is 0 Å². The Morgan fingerprint density at radius 1 is 0.857 bits per heavy atom. The molecule has 2 aromatic rings. The Hall–Kier alpha value is -2.88. The summed E-state index contributed by atoms with van der Waals surface area (Å²) < 4.78 is 0. The first-order chi connectivity index (χ1) is 10.1. The predicted molar refractivity (Wildman–Crippen MR) is 80.6 cm³/mol. The Bertz CT molecular complexity index is 676. The summed E-state index contributed by atoms with van der Waals surface area (Å²) in [6.07, 6.45) is 0. The molecule has 0 radical (unpaired) electrons. The molecule has 0 aliphatic carbocycles. The van der Waals surface area contributed by atoms with Gasteiger partial charge in [0.05, 0.1) is 0 Å². The zero-order valence-corrected chi connectivity index (χ0v) is 11.5. The van der Waals surface area contributed by atoms with Gasteiger partial charge in [0.2, 0.25) is 0 Å². The predicted octanol–water partition coefficient (Wildman–Crippen LogP) is 2.93. The second-order valence-electron chi connectivity index (χ2n) is 4.49. The molecular weight excluding hydrogens is 266 g/mol. The van der Waals surface area contributed by atoms with E-state index < -0.39 is 11.9 Å². The van der Waals surface area contributed by atoms with E-state index in [1.807, 2.05) is 18.2 Å². The molecular formula is C17H15NO3. The Morgan fingerprint density at radius 3 is 1.81 bits per heavy atom. The normalized spacial score (nSPS) is 11.5. The molecule has 0 heterocycles. The molecule has 0 aliphatic rings. The molecule has 106 valence electrons. The number of hydrogen-bond acceptors (Lipinski definition) is 2. The van der Waals surface area contributed by atoms with E-state index in [-0.39, 0.29) is 5.70 Å². The van der Waals surface area contributed by atoms with E-state index in [9.17, 15) is 14.7 Å². The van der Waals surface area contributed by atoms with Gasteiger partial charge in [0.25, 0.3) is 5.91 Å². The summed E-state index contributed by atoms with van der Waals surface area (Å²) in [6.45, 7) is 1.67. The number of carboxylic acids is 1. The number of carbonyl (C=O) groups excluding carboxylic acids is 1. The van der Waals surface area contributed by atoms with Crippen LogP contribution in [0.2, 0.25) is 0 Å². The Morgan fingerprint density at radius 2 is 1.33 bits per heavy atom. The number of carbonyl (C=O) groups is 2. The van der Waals surface area contributed by atoms with Gasteiger partial charge in [0.1, 0.15) is 5.70 Å². The van der Waals surface area contributed by atoms with Gasteiger partial charge in [-0.15, -0.1) is 0 Å². The number of benzene rings is 2. The zero-order valence-electron chi connectivity index (χ0n) is 11.5. The fourth-order valence-corrected chi connectivity index (χ4v) is 1.92. The Kier molecular flexibility index (Phi) is 4.51. The van der Waals surface area contributed by atoms with Gasteiger partial charge in [0, 0.05) is 5.56 Å². The molecule has 0 spiro atoms. The molecule has 1 amide bonds. The van der Waals surface area contributed by atoms with Crippen LogP contribution in [0.5, 0.6) is 0 Å². The van der Waals surface area contributed by atoms with Crippen molar-refractivity contribution in [3.8, 4) is 0 Å². The Balaban J connectivity index is 2.33. The SMILES string of the molecule is CC(=C(NC(=O)c1ccccc1)C(=O)O)c1ccccc1. The van der Waals surface area contributed by atoms with Crippen molar-refractivity contribution in [2.45, 2.75) is 6.92 Å². The van der Waals surface area contributed by atoms with E-state index in [4.69, 9.17) is 0 Å².